The lowest BCUT2D eigenvalue weighted by atomic mass is 9.96. The Labute approximate surface area is 211 Å². The summed E-state index contributed by atoms with van der Waals surface area (Å²) >= 11 is 6.69. The Morgan fingerprint density at radius 1 is 1.20 bits per heavy atom. The van der Waals surface area contributed by atoms with Crippen LogP contribution in [0.1, 0.15) is 32.0 Å². The van der Waals surface area contributed by atoms with Gasteiger partial charge in [0.1, 0.15) is 29.6 Å². The van der Waals surface area contributed by atoms with E-state index in [0.29, 0.717) is 35.3 Å². The van der Waals surface area contributed by atoms with Gasteiger partial charge >= 0.3 is 0 Å². The van der Waals surface area contributed by atoms with Gasteiger partial charge in [-0.2, -0.15) is 0 Å². The van der Waals surface area contributed by atoms with Crippen molar-refractivity contribution in [1.29, 1.82) is 0 Å². The van der Waals surface area contributed by atoms with E-state index < -0.39 is 5.60 Å². The fourth-order valence-corrected chi connectivity index (χ4v) is 4.23. The van der Waals surface area contributed by atoms with Crippen LogP contribution in [0, 0.1) is 6.92 Å². The molecule has 0 saturated carbocycles. The smallest absolute Gasteiger partial charge is 0.143 e. The standard InChI is InChI=1S/C27H31ClN4O3/c1-18-14-30-26(31-11-7-8-20(15-31)27(3,4)33)13-23(18)32-16-21(28)25(12-19(32)2)35-17-22-24(34-5)9-6-10-29-22/h6-14,33H,15-17H2,1-5H3. The van der Waals surface area contributed by atoms with Gasteiger partial charge in [-0.25, -0.2) is 4.98 Å². The first kappa shape index (κ1) is 24.8. The summed E-state index contributed by atoms with van der Waals surface area (Å²) in [6, 6.07) is 5.73. The maximum Gasteiger partial charge on any atom is 0.143 e. The van der Waals surface area contributed by atoms with E-state index in [-0.39, 0.29) is 6.61 Å². The van der Waals surface area contributed by atoms with Crippen LogP contribution >= 0.6 is 11.6 Å². The number of allylic oxidation sites excluding steroid dienone is 4. The molecule has 0 unspecified atom stereocenters. The molecule has 0 radical (unpaired) electrons. The third-order valence-electron chi connectivity index (χ3n) is 6.10. The molecule has 2 aromatic heterocycles. The number of aryl methyl sites for hydroxylation is 1. The van der Waals surface area contributed by atoms with Gasteiger partial charge in [0.05, 0.1) is 24.3 Å². The van der Waals surface area contributed by atoms with Gasteiger partial charge in [0.25, 0.3) is 0 Å². The highest BCUT2D eigenvalue weighted by atomic mass is 35.5. The van der Waals surface area contributed by atoms with Crippen LogP contribution in [0.25, 0.3) is 0 Å². The topological polar surface area (TPSA) is 71.0 Å². The van der Waals surface area contributed by atoms with Crippen molar-refractivity contribution < 1.29 is 14.6 Å². The number of hydrogen-bond acceptors (Lipinski definition) is 7. The Morgan fingerprint density at radius 3 is 2.74 bits per heavy atom. The summed E-state index contributed by atoms with van der Waals surface area (Å²) in [7, 11) is 1.61. The van der Waals surface area contributed by atoms with Crippen molar-refractivity contribution >= 4 is 23.1 Å². The molecule has 0 fully saturated rings. The molecule has 0 spiro atoms. The number of methoxy groups -OCH3 is 1. The molecule has 0 aliphatic carbocycles. The van der Waals surface area contributed by atoms with Crippen LogP contribution in [0.5, 0.6) is 5.75 Å². The number of hydrogen-bond donors (Lipinski definition) is 1. The molecule has 2 aliphatic heterocycles. The molecule has 0 saturated heterocycles. The number of aliphatic hydroxyl groups is 1. The summed E-state index contributed by atoms with van der Waals surface area (Å²) in [6.07, 6.45) is 11.4. The minimum Gasteiger partial charge on any atom is -0.495 e. The Balaban J connectivity index is 1.53. The Hall–Kier alpha value is -3.29. The quantitative estimate of drug-likeness (QED) is 0.566. The van der Waals surface area contributed by atoms with Crippen LogP contribution in [0.15, 0.2) is 77.1 Å². The molecule has 1 N–H and O–H groups in total. The first-order chi connectivity index (χ1) is 16.7. The first-order valence-corrected chi connectivity index (χ1v) is 11.8. The third-order valence-corrected chi connectivity index (χ3v) is 6.40. The SMILES string of the molecule is COc1cccnc1COC1=C(Cl)CN(c2cc(N3C=CC=C(C(C)(C)O)C3)ncc2C)C(C)=C1. The highest BCUT2D eigenvalue weighted by molar-refractivity contribution is 6.30. The Morgan fingerprint density at radius 2 is 2.00 bits per heavy atom. The Kier molecular flexibility index (Phi) is 7.19. The minimum absolute atomic E-state index is 0.260. The fourth-order valence-electron chi connectivity index (χ4n) is 4.00. The van der Waals surface area contributed by atoms with Gasteiger partial charge < -0.3 is 24.4 Å². The third kappa shape index (κ3) is 5.52. The van der Waals surface area contributed by atoms with E-state index in [0.717, 1.165) is 28.3 Å². The molecule has 0 aromatic carbocycles. The minimum atomic E-state index is -0.892. The van der Waals surface area contributed by atoms with E-state index in [4.69, 9.17) is 21.1 Å². The second-order valence-corrected chi connectivity index (χ2v) is 9.59. The second kappa shape index (κ2) is 10.1. The highest BCUT2D eigenvalue weighted by Gasteiger charge is 2.25. The van der Waals surface area contributed by atoms with Crippen LogP contribution < -0.4 is 14.5 Å². The van der Waals surface area contributed by atoms with Gasteiger partial charge in [-0.3, -0.25) is 4.98 Å². The largest absolute Gasteiger partial charge is 0.495 e. The van der Waals surface area contributed by atoms with E-state index in [2.05, 4.69) is 20.9 Å². The van der Waals surface area contributed by atoms with Crippen LogP contribution in [0.3, 0.4) is 0 Å². The van der Waals surface area contributed by atoms with Crippen molar-refractivity contribution in [3.05, 3.63) is 88.3 Å². The number of pyridine rings is 2. The van der Waals surface area contributed by atoms with E-state index in [9.17, 15) is 5.11 Å². The first-order valence-electron chi connectivity index (χ1n) is 11.5. The van der Waals surface area contributed by atoms with Crippen LogP contribution in [-0.4, -0.2) is 40.9 Å². The van der Waals surface area contributed by atoms with Crippen molar-refractivity contribution in [2.24, 2.45) is 0 Å². The van der Waals surface area contributed by atoms with Gasteiger partial charge in [0.2, 0.25) is 0 Å². The monoisotopic (exact) mass is 494 g/mol. The molecule has 2 aromatic rings. The van der Waals surface area contributed by atoms with Gasteiger partial charge in [-0.05, 0) is 57.0 Å². The lowest BCUT2D eigenvalue weighted by molar-refractivity contribution is 0.118. The Bertz CT molecular complexity index is 1230. The number of ether oxygens (including phenoxy) is 2. The number of rotatable bonds is 7. The summed E-state index contributed by atoms with van der Waals surface area (Å²) in [5.41, 5.74) is 3.80. The van der Waals surface area contributed by atoms with Gasteiger partial charge in [0.15, 0.2) is 0 Å². The molecule has 35 heavy (non-hydrogen) atoms. The molecule has 8 heteroatoms. The highest BCUT2D eigenvalue weighted by Crippen LogP contribution is 2.34. The van der Waals surface area contributed by atoms with Crippen molar-refractivity contribution in [1.82, 2.24) is 9.97 Å². The number of aromatic nitrogens is 2. The maximum absolute atomic E-state index is 10.4. The lowest BCUT2D eigenvalue weighted by Crippen LogP contribution is -2.33. The predicted octanol–water partition coefficient (Wildman–Crippen LogP) is 5.22. The van der Waals surface area contributed by atoms with Crippen LogP contribution in [-0.2, 0) is 11.3 Å². The van der Waals surface area contributed by atoms with Gasteiger partial charge in [-0.1, -0.05) is 17.7 Å². The van der Waals surface area contributed by atoms with Gasteiger partial charge in [-0.15, -0.1) is 0 Å². The molecule has 184 valence electrons. The number of halogens is 1. The lowest BCUT2D eigenvalue weighted by Gasteiger charge is -2.33. The predicted molar refractivity (Wildman–Crippen MR) is 139 cm³/mol. The van der Waals surface area contributed by atoms with E-state index in [1.54, 1.807) is 27.2 Å². The molecule has 0 amide bonds. The number of nitrogens with zero attached hydrogens (tertiary/aromatic N) is 4. The summed E-state index contributed by atoms with van der Waals surface area (Å²) in [4.78, 5) is 13.2. The zero-order valence-corrected chi connectivity index (χ0v) is 21.5. The molecule has 4 heterocycles. The molecular weight excluding hydrogens is 464 g/mol. The summed E-state index contributed by atoms with van der Waals surface area (Å²) in [5, 5.41) is 11.0. The van der Waals surface area contributed by atoms with Gasteiger partial charge in [0, 0.05) is 48.7 Å². The maximum atomic E-state index is 10.4. The molecule has 0 bridgehead atoms. The van der Waals surface area contributed by atoms with Crippen molar-refractivity contribution in [2.75, 3.05) is 30.0 Å². The van der Waals surface area contributed by atoms with Crippen molar-refractivity contribution in [2.45, 2.75) is 39.9 Å². The molecule has 2 aliphatic rings. The number of anilines is 2. The summed E-state index contributed by atoms with van der Waals surface area (Å²) in [5.74, 6) is 2.10. The second-order valence-electron chi connectivity index (χ2n) is 9.13. The molecule has 4 rings (SSSR count). The van der Waals surface area contributed by atoms with Crippen molar-refractivity contribution in [3.63, 3.8) is 0 Å². The molecule has 7 nitrogen and oxygen atoms in total. The summed E-state index contributed by atoms with van der Waals surface area (Å²) < 4.78 is 11.4. The van der Waals surface area contributed by atoms with E-state index in [1.165, 1.54) is 0 Å². The van der Waals surface area contributed by atoms with Crippen molar-refractivity contribution in [3.8, 4) is 5.75 Å². The zero-order chi connectivity index (χ0) is 25.2. The molecule has 0 atom stereocenters. The summed E-state index contributed by atoms with van der Waals surface area (Å²) in [6.45, 7) is 8.96. The average Bonchev–Trinajstić information content (AvgIpc) is 2.84. The fraction of sp³-hybridized carbons (Fsp3) is 0.333. The van der Waals surface area contributed by atoms with E-state index >= 15 is 0 Å². The normalized spacial score (nSPS) is 16.3. The van der Waals surface area contributed by atoms with E-state index in [1.807, 2.05) is 61.5 Å². The van der Waals surface area contributed by atoms with Crippen LogP contribution in [0.2, 0.25) is 0 Å². The average molecular weight is 495 g/mol. The molecular formula is C27H31ClN4O3. The van der Waals surface area contributed by atoms with Crippen LogP contribution in [0.4, 0.5) is 11.5 Å². The zero-order valence-electron chi connectivity index (χ0n) is 20.7.